The molecule has 0 radical (unpaired) electrons. The monoisotopic (exact) mass is 351 g/mol. The van der Waals surface area contributed by atoms with Gasteiger partial charge in [0.25, 0.3) is 5.91 Å². The van der Waals surface area contributed by atoms with Crippen molar-refractivity contribution >= 4 is 11.6 Å². The number of nitrogens with zero attached hydrogens (tertiary/aromatic N) is 2. The summed E-state index contributed by atoms with van der Waals surface area (Å²) in [6.07, 6.45) is 10.2. The zero-order valence-electron chi connectivity index (χ0n) is 15.2. The molecule has 1 amide bonds. The molecule has 1 heterocycles. The molecule has 136 valence electrons. The first-order valence-electron chi connectivity index (χ1n) is 9.13. The van der Waals surface area contributed by atoms with Gasteiger partial charge in [0, 0.05) is 18.1 Å². The summed E-state index contributed by atoms with van der Waals surface area (Å²) in [6, 6.07) is 10.6. The Morgan fingerprint density at radius 2 is 2.00 bits per heavy atom. The molecule has 0 aliphatic rings. The Morgan fingerprint density at radius 1 is 1.19 bits per heavy atom. The summed E-state index contributed by atoms with van der Waals surface area (Å²) in [5.41, 5.74) is 1.44. The molecule has 5 heteroatoms. The Balaban J connectivity index is 1.87. The van der Waals surface area contributed by atoms with Crippen LogP contribution in [0.3, 0.4) is 0 Å². The first-order valence-corrected chi connectivity index (χ1v) is 9.13. The number of anilines is 1. The van der Waals surface area contributed by atoms with Crippen LogP contribution >= 0.6 is 0 Å². The SMILES string of the molecule is CCCCCCCCOc1ccc(NC(=O)c2cccnc2)cc1C#N. The van der Waals surface area contributed by atoms with Gasteiger partial charge in [-0.2, -0.15) is 5.26 Å². The Morgan fingerprint density at radius 3 is 2.73 bits per heavy atom. The van der Waals surface area contributed by atoms with Crippen LogP contribution in [0.15, 0.2) is 42.7 Å². The van der Waals surface area contributed by atoms with Crippen molar-refractivity contribution in [3.05, 3.63) is 53.9 Å². The molecule has 2 rings (SSSR count). The van der Waals surface area contributed by atoms with Gasteiger partial charge < -0.3 is 10.1 Å². The van der Waals surface area contributed by atoms with Crippen molar-refractivity contribution in [3.8, 4) is 11.8 Å². The number of aromatic nitrogens is 1. The molecule has 1 aromatic heterocycles. The summed E-state index contributed by atoms with van der Waals surface area (Å²) in [7, 11) is 0. The predicted octanol–water partition coefficient (Wildman–Crippen LogP) is 4.94. The third kappa shape index (κ3) is 6.21. The van der Waals surface area contributed by atoms with Gasteiger partial charge in [-0.15, -0.1) is 0 Å². The predicted molar refractivity (Wildman–Crippen MR) is 102 cm³/mol. The number of ether oxygens (including phenoxy) is 1. The molecule has 0 spiro atoms. The number of rotatable bonds is 10. The second kappa shape index (κ2) is 10.9. The van der Waals surface area contributed by atoms with Gasteiger partial charge in [0.2, 0.25) is 0 Å². The van der Waals surface area contributed by atoms with E-state index in [1.807, 2.05) is 0 Å². The summed E-state index contributed by atoms with van der Waals surface area (Å²) < 4.78 is 5.73. The van der Waals surface area contributed by atoms with Crippen LogP contribution in [0.1, 0.15) is 61.4 Å². The van der Waals surface area contributed by atoms with Crippen molar-refractivity contribution in [2.24, 2.45) is 0 Å². The van der Waals surface area contributed by atoms with Crippen molar-refractivity contribution in [2.75, 3.05) is 11.9 Å². The number of carbonyl (C=O) groups is 1. The van der Waals surface area contributed by atoms with Gasteiger partial charge in [0.05, 0.1) is 17.7 Å². The Bertz CT molecular complexity index is 739. The molecule has 5 nitrogen and oxygen atoms in total. The highest BCUT2D eigenvalue weighted by Crippen LogP contribution is 2.23. The number of hydrogen-bond donors (Lipinski definition) is 1. The first kappa shape index (κ1) is 19.5. The minimum Gasteiger partial charge on any atom is -0.492 e. The maximum absolute atomic E-state index is 12.2. The van der Waals surface area contributed by atoms with Gasteiger partial charge in [-0.3, -0.25) is 9.78 Å². The van der Waals surface area contributed by atoms with E-state index in [1.165, 1.54) is 31.9 Å². The number of amides is 1. The molecule has 0 saturated heterocycles. The van der Waals surface area contributed by atoms with E-state index in [2.05, 4.69) is 23.3 Å². The largest absolute Gasteiger partial charge is 0.492 e. The van der Waals surface area contributed by atoms with Gasteiger partial charge in [-0.1, -0.05) is 39.0 Å². The summed E-state index contributed by atoms with van der Waals surface area (Å²) in [5, 5.41) is 12.1. The third-order valence-corrected chi connectivity index (χ3v) is 4.04. The quantitative estimate of drug-likeness (QED) is 0.615. The molecule has 0 aliphatic carbocycles. The number of hydrogen-bond acceptors (Lipinski definition) is 4. The molecule has 0 bridgehead atoms. The first-order chi connectivity index (χ1) is 12.7. The van der Waals surface area contributed by atoms with Crippen LogP contribution in [0.5, 0.6) is 5.75 Å². The molecule has 0 fully saturated rings. The zero-order valence-corrected chi connectivity index (χ0v) is 15.2. The highest BCUT2D eigenvalue weighted by Gasteiger charge is 2.09. The van der Waals surface area contributed by atoms with Crippen LogP contribution in [0.25, 0.3) is 0 Å². The van der Waals surface area contributed by atoms with Gasteiger partial charge in [-0.05, 0) is 36.8 Å². The number of nitriles is 1. The van der Waals surface area contributed by atoms with Gasteiger partial charge >= 0.3 is 0 Å². The highest BCUT2D eigenvalue weighted by molar-refractivity contribution is 6.04. The summed E-state index contributed by atoms with van der Waals surface area (Å²) in [5.74, 6) is 0.295. The van der Waals surface area contributed by atoms with Crippen molar-refractivity contribution in [1.29, 1.82) is 5.26 Å². The minimum absolute atomic E-state index is 0.261. The Labute approximate surface area is 155 Å². The van der Waals surface area contributed by atoms with Crippen LogP contribution in [0, 0.1) is 11.3 Å². The zero-order chi connectivity index (χ0) is 18.6. The van der Waals surface area contributed by atoms with Gasteiger partial charge in [0.1, 0.15) is 11.8 Å². The van der Waals surface area contributed by atoms with Gasteiger partial charge in [-0.25, -0.2) is 0 Å². The van der Waals surface area contributed by atoms with E-state index in [1.54, 1.807) is 36.5 Å². The molecule has 1 N–H and O–H groups in total. The molecular formula is C21H25N3O2. The molecule has 0 aliphatic heterocycles. The molecule has 1 aromatic carbocycles. The molecule has 0 atom stereocenters. The van der Waals surface area contributed by atoms with E-state index in [9.17, 15) is 10.1 Å². The summed E-state index contributed by atoms with van der Waals surface area (Å²) >= 11 is 0. The lowest BCUT2D eigenvalue weighted by atomic mass is 10.1. The number of pyridine rings is 1. The normalized spacial score (nSPS) is 10.2. The fraction of sp³-hybridized carbons (Fsp3) is 0.381. The second-order valence-electron chi connectivity index (χ2n) is 6.13. The van der Waals surface area contributed by atoms with Crippen LogP contribution in [0.2, 0.25) is 0 Å². The average molecular weight is 351 g/mol. The van der Waals surface area contributed by atoms with E-state index in [0.717, 1.165) is 12.8 Å². The maximum Gasteiger partial charge on any atom is 0.257 e. The fourth-order valence-corrected chi connectivity index (χ4v) is 2.59. The van der Waals surface area contributed by atoms with E-state index in [0.29, 0.717) is 29.2 Å². The fourth-order valence-electron chi connectivity index (χ4n) is 2.59. The van der Waals surface area contributed by atoms with Crippen molar-refractivity contribution in [3.63, 3.8) is 0 Å². The number of nitrogens with one attached hydrogen (secondary N) is 1. The Hall–Kier alpha value is -2.87. The molecule has 2 aromatic rings. The lowest BCUT2D eigenvalue weighted by molar-refractivity contribution is 0.102. The lowest BCUT2D eigenvalue weighted by Gasteiger charge is -2.10. The van der Waals surface area contributed by atoms with Crippen LogP contribution in [0.4, 0.5) is 5.69 Å². The average Bonchev–Trinajstić information content (AvgIpc) is 2.68. The second-order valence-corrected chi connectivity index (χ2v) is 6.13. The smallest absolute Gasteiger partial charge is 0.257 e. The maximum atomic E-state index is 12.2. The molecule has 0 saturated carbocycles. The number of unbranched alkanes of at least 4 members (excludes halogenated alkanes) is 5. The van der Waals surface area contributed by atoms with E-state index in [-0.39, 0.29) is 5.91 Å². The third-order valence-electron chi connectivity index (χ3n) is 4.04. The van der Waals surface area contributed by atoms with Crippen LogP contribution < -0.4 is 10.1 Å². The molecular weight excluding hydrogens is 326 g/mol. The number of benzene rings is 1. The van der Waals surface area contributed by atoms with Crippen LogP contribution in [-0.2, 0) is 0 Å². The topological polar surface area (TPSA) is 75.0 Å². The van der Waals surface area contributed by atoms with Gasteiger partial charge in [0.15, 0.2) is 0 Å². The minimum atomic E-state index is -0.261. The molecule has 26 heavy (non-hydrogen) atoms. The van der Waals surface area contributed by atoms with E-state index < -0.39 is 0 Å². The van der Waals surface area contributed by atoms with Crippen molar-refractivity contribution < 1.29 is 9.53 Å². The number of carbonyl (C=O) groups excluding carboxylic acids is 1. The molecule has 0 unspecified atom stereocenters. The van der Waals surface area contributed by atoms with Crippen LogP contribution in [-0.4, -0.2) is 17.5 Å². The van der Waals surface area contributed by atoms with Crippen molar-refractivity contribution in [2.45, 2.75) is 45.4 Å². The lowest BCUT2D eigenvalue weighted by Crippen LogP contribution is -2.12. The van der Waals surface area contributed by atoms with E-state index in [4.69, 9.17) is 4.74 Å². The summed E-state index contributed by atoms with van der Waals surface area (Å²) in [6.45, 7) is 2.80. The standard InChI is InChI=1S/C21H25N3O2/c1-2-3-4-5-6-7-13-26-20-11-10-19(14-18(20)15-22)24-21(25)17-9-8-12-23-16-17/h8-12,14,16H,2-7,13H2,1H3,(H,24,25). The van der Waals surface area contributed by atoms with E-state index >= 15 is 0 Å². The van der Waals surface area contributed by atoms with Crippen molar-refractivity contribution in [1.82, 2.24) is 4.98 Å². The summed E-state index contributed by atoms with van der Waals surface area (Å²) in [4.78, 5) is 16.1. The highest BCUT2D eigenvalue weighted by atomic mass is 16.5. The Kier molecular flexibility index (Phi) is 8.14.